The van der Waals surface area contributed by atoms with Crippen LogP contribution in [0.4, 0.5) is 11.4 Å². The van der Waals surface area contributed by atoms with E-state index in [1.165, 1.54) is 4.88 Å². The van der Waals surface area contributed by atoms with Crippen molar-refractivity contribution in [1.82, 2.24) is 0 Å². The van der Waals surface area contributed by atoms with Gasteiger partial charge in [0.1, 0.15) is 6.61 Å². The summed E-state index contributed by atoms with van der Waals surface area (Å²) in [5, 5.41) is 16.9. The van der Waals surface area contributed by atoms with Gasteiger partial charge in [-0.05, 0) is 36.1 Å². The normalized spacial score (nSPS) is 11.9. The molecule has 0 saturated carbocycles. The summed E-state index contributed by atoms with van der Waals surface area (Å²) in [4.78, 5) is 12.5. The zero-order valence-electron chi connectivity index (χ0n) is 11.3. The van der Waals surface area contributed by atoms with Crippen LogP contribution in [0.2, 0.25) is 0 Å². The summed E-state index contributed by atoms with van der Waals surface area (Å²) in [6.07, 6.45) is 0.980. The maximum atomic E-state index is 11.2. The minimum Gasteiger partial charge on any atom is -0.387 e. The largest absolute Gasteiger partial charge is 0.387 e. The predicted molar refractivity (Wildman–Crippen MR) is 83.1 cm³/mol. The Labute approximate surface area is 122 Å². The van der Waals surface area contributed by atoms with Crippen LogP contribution in [0.15, 0.2) is 41.8 Å². The number of aliphatic hydroxyl groups excluding tert-OH is 1. The van der Waals surface area contributed by atoms with E-state index in [-0.39, 0.29) is 6.04 Å². The number of hydrogen-bond acceptors (Lipinski definition) is 4. The van der Waals surface area contributed by atoms with Crippen molar-refractivity contribution < 1.29 is 9.90 Å². The lowest BCUT2D eigenvalue weighted by molar-refractivity contribution is -0.118. The molecule has 0 bridgehead atoms. The number of anilines is 2. The molecule has 4 nitrogen and oxygen atoms in total. The lowest BCUT2D eigenvalue weighted by atomic mass is 10.1. The Kier molecular flexibility index (Phi) is 5.15. The third-order valence-electron chi connectivity index (χ3n) is 2.93. The van der Waals surface area contributed by atoms with Crippen LogP contribution >= 0.6 is 11.3 Å². The molecule has 0 aliphatic carbocycles. The van der Waals surface area contributed by atoms with Crippen LogP contribution in [0.5, 0.6) is 0 Å². The van der Waals surface area contributed by atoms with Crippen molar-refractivity contribution in [2.24, 2.45) is 0 Å². The van der Waals surface area contributed by atoms with E-state index in [2.05, 4.69) is 29.0 Å². The first-order valence-corrected chi connectivity index (χ1v) is 7.41. The van der Waals surface area contributed by atoms with Gasteiger partial charge in [0.15, 0.2) is 0 Å². The summed E-state index contributed by atoms with van der Waals surface area (Å²) in [5.41, 5.74) is 1.62. The Balaban J connectivity index is 2.08. The Bertz CT molecular complexity index is 555. The summed E-state index contributed by atoms with van der Waals surface area (Å²) >= 11 is 1.73. The summed E-state index contributed by atoms with van der Waals surface area (Å²) in [5.74, 6) is -0.410. The molecule has 1 atom stereocenters. The molecule has 2 rings (SSSR count). The zero-order chi connectivity index (χ0) is 14.4. The number of amides is 1. The standard InChI is InChI=1S/C15H18N2O2S/c1-2-13(14-7-4-8-20-14)16-11-5-3-6-12(9-11)17-15(19)10-18/h3-9,13,16,18H,2,10H2,1H3,(H,17,19). The van der Waals surface area contributed by atoms with Gasteiger partial charge in [0.25, 0.3) is 0 Å². The molecule has 20 heavy (non-hydrogen) atoms. The van der Waals surface area contributed by atoms with Crippen LogP contribution in [0.25, 0.3) is 0 Å². The van der Waals surface area contributed by atoms with E-state index in [1.54, 1.807) is 17.4 Å². The molecule has 1 unspecified atom stereocenters. The van der Waals surface area contributed by atoms with E-state index in [1.807, 2.05) is 24.3 Å². The van der Waals surface area contributed by atoms with Crippen LogP contribution in [0.1, 0.15) is 24.3 Å². The van der Waals surface area contributed by atoms with Gasteiger partial charge in [0.2, 0.25) is 5.91 Å². The van der Waals surface area contributed by atoms with Crippen LogP contribution < -0.4 is 10.6 Å². The van der Waals surface area contributed by atoms with Crippen LogP contribution in [0, 0.1) is 0 Å². The first kappa shape index (κ1) is 14.6. The second-order valence-electron chi connectivity index (χ2n) is 4.41. The van der Waals surface area contributed by atoms with Gasteiger partial charge in [-0.15, -0.1) is 11.3 Å². The average molecular weight is 290 g/mol. The molecule has 106 valence electrons. The molecule has 0 aliphatic heterocycles. The Morgan fingerprint density at radius 3 is 2.75 bits per heavy atom. The Morgan fingerprint density at radius 2 is 2.10 bits per heavy atom. The van der Waals surface area contributed by atoms with Gasteiger partial charge in [0, 0.05) is 16.3 Å². The molecule has 0 spiro atoms. The lowest BCUT2D eigenvalue weighted by Crippen LogP contribution is -2.15. The van der Waals surface area contributed by atoms with Gasteiger partial charge in [-0.2, -0.15) is 0 Å². The molecule has 1 amide bonds. The molecular formula is C15H18N2O2S. The smallest absolute Gasteiger partial charge is 0.250 e. The van der Waals surface area contributed by atoms with Gasteiger partial charge < -0.3 is 15.7 Å². The third kappa shape index (κ3) is 3.82. The number of rotatable bonds is 6. The minimum absolute atomic E-state index is 0.263. The highest BCUT2D eigenvalue weighted by molar-refractivity contribution is 7.10. The number of thiophene rings is 1. The fourth-order valence-electron chi connectivity index (χ4n) is 1.95. The summed E-state index contributed by atoms with van der Waals surface area (Å²) in [7, 11) is 0. The molecule has 0 fully saturated rings. The quantitative estimate of drug-likeness (QED) is 0.765. The van der Waals surface area contributed by atoms with Gasteiger partial charge in [-0.25, -0.2) is 0 Å². The van der Waals surface area contributed by atoms with Crippen LogP contribution in [-0.4, -0.2) is 17.6 Å². The summed E-state index contributed by atoms with van der Waals surface area (Å²) in [6, 6.07) is 11.9. The van der Waals surface area contributed by atoms with Gasteiger partial charge in [-0.1, -0.05) is 19.1 Å². The maximum absolute atomic E-state index is 11.2. The highest BCUT2D eigenvalue weighted by Gasteiger charge is 2.10. The van der Waals surface area contributed by atoms with Gasteiger partial charge in [-0.3, -0.25) is 4.79 Å². The topological polar surface area (TPSA) is 61.4 Å². The number of benzene rings is 1. The van der Waals surface area contributed by atoms with Gasteiger partial charge in [0.05, 0.1) is 6.04 Å². The van der Waals surface area contributed by atoms with Crippen LogP contribution in [-0.2, 0) is 4.79 Å². The monoisotopic (exact) mass is 290 g/mol. The maximum Gasteiger partial charge on any atom is 0.250 e. The van der Waals surface area contributed by atoms with E-state index in [0.717, 1.165) is 12.1 Å². The SMILES string of the molecule is CCC(Nc1cccc(NC(=O)CO)c1)c1cccs1. The average Bonchev–Trinajstić information content (AvgIpc) is 2.99. The van der Waals surface area contributed by atoms with Crippen LogP contribution in [0.3, 0.4) is 0 Å². The highest BCUT2D eigenvalue weighted by atomic mass is 32.1. The summed E-state index contributed by atoms with van der Waals surface area (Å²) < 4.78 is 0. The predicted octanol–water partition coefficient (Wildman–Crippen LogP) is 3.24. The van der Waals surface area contributed by atoms with Crippen molar-refractivity contribution in [2.75, 3.05) is 17.2 Å². The third-order valence-corrected chi connectivity index (χ3v) is 3.91. The molecule has 1 aromatic heterocycles. The molecule has 1 aromatic carbocycles. The molecule has 0 saturated heterocycles. The molecule has 5 heteroatoms. The Hall–Kier alpha value is -1.85. The van der Waals surface area contributed by atoms with Gasteiger partial charge >= 0.3 is 0 Å². The minimum atomic E-state index is -0.509. The molecular weight excluding hydrogens is 272 g/mol. The van der Waals surface area contributed by atoms with E-state index in [0.29, 0.717) is 5.69 Å². The highest BCUT2D eigenvalue weighted by Crippen LogP contribution is 2.27. The van der Waals surface area contributed by atoms with E-state index < -0.39 is 12.5 Å². The van der Waals surface area contributed by atoms with Crippen molar-refractivity contribution in [2.45, 2.75) is 19.4 Å². The number of aliphatic hydroxyl groups is 1. The second-order valence-corrected chi connectivity index (χ2v) is 5.39. The zero-order valence-corrected chi connectivity index (χ0v) is 12.1. The molecule has 0 radical (unpaired) electrons. The number of hydrogen-bond donors (Lipinski definition) is 3. The van der Waals surface area contributed by atoms with Crippen molar-refractivity contribution in [3.63, 3.8) is 0 Å². The summed E-state index contributed by atoms with van der Waals surface area (Å²) in [6.45, 7) is 1.62. The number of nitrogens with one attached hydrogen (secondary N) is 2. The number of carbonyl (C=O) groups excluding carboxylic acids is 1. The lowest BCUT2D eigenvalue weighted by Gasteiger charge is -2.17. The first-order chi connectivity index (χ1) is 9.72. The molecule has 1 heterocycles. The van der Waals surface area contributed by atoms with Crippen molar-refractivity contribution in [3.8, 4) is 0 Å². The number of carbonyl (C=O) groups is 1. The molecule has 3 N–H and O–H groups in total. The van der Waals surface area contributed by atoms with Crippen molar-refractivity contribution in [1.29, 1.82) is 0 Å². The Morgan fingerprint density at radius 1 is 1.30 bits per heavy atom. The van der Waals surface area contributed by atoms with E-state index in [9.17, 15) is 4.79 Å². The van der Waals surface area contributed by atoms with E-state index in [4.69, 9.17) is 5.11 Å². The van der Waals surface area contributed by atoms with E-state index >= 15 is 0 Å². The fourth-order valence-corrected chi connectivity index (χ4v) is 2.81. The molecule has 0 aliphatic rings. The molecule has 2 aromatic rings. The van der Waals surface area contributed by atoms with Crippen molar-refractivity contribution in [3.05, 3.63) is 46.7 Å². The fraction of sp³-hybridized carbons (Fsp3) is 0.267. The van der Waals surface area contributed by atoms with Crippen molar-refractivity contribution >= 4 is 28.6 Å². The second kappa shape index (κ2) is 7.07. The first-order valence-electron chi connectivity index (χ1n) is 6.53.